The number of methoxy groups -OCH3 is 1. The Kier molecular flexibility index (Phi) is 4.85. The number of rotatable bonds is 4. The molecule has 0 spiro atoms. The Morgan fingerprint density at radius 3 is 2.26 bits per heavy atom. The highest BCUT2D eigenvalue weighted by molar-refractivity contribution is 6.24. The monoisotopic (exact) mass is 464 g/mol. The summed E-state index contributed by atoms with van der Waals surface area (Å²) in [6, 6.07) is 20.9. The summed E-state index contributed by atoms with van der Waals surface area (Å²) in [5.41, 5.74) is 4.03. The number of ketones is 1. The molecule has 2 fully saturated rings. The van der Waals surface area contributed by atoms with Crippen LogP contribution in [0.1, 0.15) is 33.1 Å². The van der Waals surface area contributed by atoms with Gasteiger partial charge in [0.25, 0.3) is 0 Å². The fourth-order valence-electron chi connectivity index (χ4n) is 5.73. The normalized spacial score (nSPS) is 24.3. The van der Waals surface area contributed by atoms with Crippen molar-refractivity contribution in [2.24, 2.45) is 11.8 Å². The Labute approximate surface area is 203 Å². The minimum Gasteiger partial charge on any atom is -0.497 e. The molecule has 174 valence electrons. The van der Waals surface area contributed by atoms with Crippen molar-refractivity contribution in [2.45, 2.75) is 19.0 Å². The molecule has 2 amide bonds. The second-order valence-corrected chi connectivity index (χ2v) is 9.27. The molecular weight excluding hydrogens is 440 g/mol. The van der Waals surface area contributed by atoms with Crippen molar-refractivity contribution in [1.29, 1.82) is 0 Å². The van der Waals surface area contributed by atoms with Crippen LogP contribution < -0.4 is 9.64 Å². The highest BCUT2D eigenvalue weighted by Crippen LogP contribution is 2.53. The first-order valence-corrected chi connectivity index (χ1v) is 11.7. The largest absolute Gasteiger partial charge is 0.497 e. The van der Waals surface area contributed by atoms with E-state index >= 15 is 0 Å². The molecule has 3 aromatic carbocycles. The quantitative estimate of drug-likeness (QED) is 0.423. The number of hydrogen-bond donors (Lipinski definition) is 0. The van der Waals surface area contributed by atoms with Gasteiger partial charge in [0.05, 0.1) is 30.7 Å². The highest BCUT2D eigenvalue weighted by atomic mass is 16.5. The number of carbonyl (C=O) groups is 3. The molecule has 0 unspecified atom stereocenters. The Morgan fingerprint density at radius 2 is 1.54 bits per heavy atom. The van der Waals surface area contributed by atoms with E-state index in [0.717, 1.165) is 16.7 Å². The first-order valence-electron chi connectivity index (χ1n) is 11.7. The van der Waals surface area contributed by atoms with E-state index in [1.54, 1.807) is 43.5 Å². The third kappa shape index (κ3) is 3.13. The van der Waals surface area contributed by atoms with Crippen molar-refractivity contribution in [1.82, 2.24) is 4.90 Å². The van der Waals surface area contributed by atoms with Gasteiger partial charge in [-0.2, -0.15) is 0 Å². The van der Waals surface area contributed by atoms with E-state index < -0.39 is 17.9 Å². The summed E-state index contributed by atoms with van der Waals surface area (Å²) in [5, 5.41) is 0. The number of Topliss-reactive ketones (excluding diaryl/α,β-unsaturated/α-hetero) is 1. The number of carbonyl (C=O) groups excluding carboxylic acids is 3. The van der Waals surface area contributed by atoms with Crippen LogP contribution >= 0.6 is 0 Å². The van der Waals surface area contributed by atoms with Crippen molar-refractivity contribution in [3.63, 3.8) is 0 Å². The van der Waals surface area contributed by atoms with Gasteiger partial charge in [-0.05, 0) is 60.5 Å². The van der Waals surface area contributed by atoms with Crippen LogP contribution in [0.5, 0.6) is 5.75 Å². The molecule has 3 aliphatic rings. The van der Waals surface area contributed by atoms with E-state index in [9.17, 15) is 14.4 Å². The number of ether oxygens (including phenoxy) is 1. The molecule has 0 radical (unpaired) electrons. The number of imide groups is 1. The molecule has 3 aromatic rings. The molecular formula is C29H24N2O4. The van der Waals surface area contributed by atoms with Crippen LogP contribution in [0.4, 0.5) is 5.69 Å². The Hall–Kier alpha value is -4.19. The van der Waals surface area contributed by atoms with Gasteiger partial charge in [-0.25, -0.2) is 4.90 Å². The van der Waals surface area contributed by atoms with Gasteiger partial charge in [0.2, 0.25) is 11.8 Å². The molecule has 3 heterocycles. The van der Waals surface area contributed by atoms with Crippen LogP contribution in [0.2, 0.25) is 0 Å². The van der Waals surface area contributed by atoms with Gasteiger partial charge < -0.3 is 9.64 Å². The van der Waals surface area contributed by atoms with Crippen LogP contribution in [0, 0.1) is 18.8 Å². The maximum atomic E-state index is 13.9. The van der Waals surface area contributed by atoms with Crippen molar-refractivity contribution < 1.29 is 19.1 Å². The molecule has 6 heteroatoms. The number of amides is 2. The number of aryl methyl sites for hydroxylation is 1. The van der Waals surface area contributed by atoms with Gasteiger partial charge in [0, 0.05) is 11.8 Å². The van der Waals surface area contributed by atoms with Gasteiger partial charge in [0.1, 0.15) is 11.8 Å². The molecule has 0 N–H and O–H groups in total. The fourth-order valence-corrected chi connectivity index (χ4v) is 5.73. The van der Waals surface area contributed by atoms with Crippen molar-refractivity contribution in [2.75, 3.05) is 12.0 Å². The summed E-state index contributed by atoms with van der Waals surface area (Å²) in [4.78, 5) is 44.8. The SMILES string of the molecule is COc1ccc(C(=O)[C@@H]2[C@@H]3C(=O)N(c4ccc(C)cc4)C(=O)[C@H]3[C@H]3c4ccccc4C=CN23)cc1. The first kappa shape index (κ1) is 21.4. The van der Waals surface area contributed by atoms with Crippen molar-refractivity contribution in [3.8, 4) is 5.75 Å². The van der Waals surface area contributed by atoms with E-state index in [1.165, 1.54) is 4.90 Å². The van der Waals surface area contributed by atoms with Crippen molar-refractivity contribution >= 4 is 29.4 Å². The predicted octanol–water partition coefficient (Wildman–Crippen LogP) is 4.40. The fraction of sp³-hybridized carbons (Fsp3) is 0.207. The smallest absolute Gasteiger partial charge is 0.240 e. The van der Waals surface area contributed by atoms with Crippen LogP contribution in [0.25, 0.3) is 6.08 Å². The van der Waals surface area contributed by atoms with E-state index in [2.05, 4.69) is 0 Å². The number of nitrogens with zero attached hydrogens (tertiary/aromatic N) is 2. The molecule has 0 saturated carbocycles. The second-order valence-electron chi connectivity index (χ2n) is 9.27. The minimum atomic E-state index is -0.783. The summed E-state index contributed by atoms with van der Waals surface area (Å²) in [6.07, 6.45) is 3.82. The summed E-state index contributed by atoms with van der Waals surface area (Å²) >= 11 is 0. The van der Waals surface area contributed by atoms with E-state index in [4.69, 9.17) is 4.74 Å². The van der Waals surface area contributed by atoms with Gasteiger partial charge in [-0.3, -0.25) is 14.4 Å². The molecule has 6 nitrogen and oxygen atoms in total. The van der Waals surface area contributed by atoms with Gasteiger partial charge in [-0.15, -0.1) is 0 Å². The van der Waals surface area contributed by atoms with Gasteiger partial charge >= 0.3 is 0 Å². The molecule has 0 bridgehead atoms. The number of hydrogen-bond acceptors (Lipinski definition) is 5. The predicted molar refractivity (Wildman–Crippen MR) is 132 cm³/mol. The maximum absolute atomic E-state index is 13.9. The van der Waals surface area contributed by atoms with Gasteiger partial charge in [0.15, 0.2) is 5.78 Å². The van der Waals surface area contributed by atoms with E-state index in [1.807, 2.05) is 60.5 Å². The molecule has 0 aromatic heterocycles. The van der Waals surface area contributed by atoms with Crippen molar-refractivity contribution in [3.05, 3.63) is 101 Å². The van der Waals surface area contributed by atoms with E-state index in [-0.39, 0.29) is 23.6 Å². The minimum absolute atomic E-state index is 0.180. The molecule has 3 aliphatic heterocycles. The second kappa shape index (κ2) is 7.94. The molecule has 4 atom stereocenters. The number of benzene rings is 3. The zero-order valence-electron chi connectivity index (χ0n) is 19.4. The van der Waals surface area contributed by atoms with Crippen LogP contribution in [-0.2, 0) is 9.59 Å². The third-order valence-electron chi connectivity index (χ3n) is 7.40. The summed E-state index contributed by atoms with van der Waals surface area (Å²) in [6.45, 7) is 1.96. The van der Waals surface area contributed by atoms with Crippen LogP contribution in [-0.4, -0.2) is 35.6 Å². The third-order valence-corrected chi connectivity index (χ3v) is 7.40. The standard InChI is InChI=1S/C29H24N2O4/c1-17-7-11-20(12-8-17)31-28(33)23-24(29(31)34)26(27(32)19-9-13-21(35-2)14-10-19)30-16-15-18-5-3-4-6-22(18)25(23)30/h3-16,23-26H,1-2H3/t23-,24-,25-,26+/m1/s1. The lowest BCUT2D eigenvalue weighted by molar-refractivity contribution is -0.123. The first-order chi connectivity index (χ1) is 17.0. The molecule has 0 aliphatic carbocycles. The van der Waals surface area contributed by atoms with Gasteiger partial charge in [-0.1, -0.05) is 42.0 Å². The lowest BCUT2D eigenvalue weighted by Gasteiger charge is -2.35. The maximum Gasteiger partial charge on any atom is 0.240 e. The Balaban J connectivity index is 1.47. The van der Waals surface area contributed by atoms with Crippen LogP contribution in [0.3, 0.4) is 0 Å². The Morgan fingerprint density at radius 1 is 0.857 bits per heavy atom. The molecule has 6 rings (SSSR count). The molecule has 35 heavy (non-hydrogen) atoms. The summed E-state index contributed by atoms with van der Waals surface area (Å²) < 4.78 is 5.23. The number of anilines is 1. The Bertz CT molecular complexity index is 1380. The average molecular weight is 465 g/mol. The summed E-state index contributed by atoms with van der Waals surface area (Å²) in [7, 11) is 1.57. The van der Waals surface area contributed by atoms with Crippen LogP contribution in [0.15, 0.2) is 79.0 Å². The zero-order chi connectivity index (χ0) is 24.3. The lowest BCUT2D eigenvalue weighted by atomic mass is 9.83. The molecule has 2 saturated heterocycles. The summed E-state index contributed by atoms with van der Waals surface area (Å²) in [5.74, 6) is -1.54. The topological polar surface area (TPSA) is 66.9 Å². The lowest BCUT2D eigenvalue weighted by Crippen LogP contribution is -2.44. The zero-order valence-corrected chi connectivity index (χ0v) is 19.4. The average Bonchev–Trinajstić information content (AvgIpc) is 3.37. The highest BCUT2D eigenvalue weighted by Gasteiger charge is 2.64. The number of fused-ring (bicyclic) bond motifs is 5. The van der Waals surface area contributed by atoms with E-state index in [0.29, 0.717) is 17.0 Å².